The first-order valence-corrected chi connectivity index (χ1v) is 11.8. The highest BCUT2D eigenvalue weighted by molar-refractivity contribution is 5.97. The number of alkyl halides is 2. The van der Waals surface area contributed by atoms with Gasteiger partial charge in [0.05, 0.1) is 12.6 Å². The summed E-state index contributed by atoms with van der Waals surface area (Å²) in [6, 6.07) is 3.92. The number of carbonyl (C=O) groups is 2. The number of ether oxygens (including phenoxy) is 2. The Kier molecular flexibility index (Phi) is 8.35. The molecule has 3 aromatic rings. The summed E-state index contributed by atoms with van der Waals surface area (Å²) in [5.74, 6) is 1.20. The van der Waals surface area contributed by atoms with Crippen LogP contribution in [0.3, 0.4) is 0 Å². The monoisotopic (exact) mass is 551 g/mol. The Balaban J connectivity index is 1.66. The number of hydrogen-bond donors (Lipinski definition) is 4. The zero-order chi connectivity index (χ0) is 28.3. The van der Waals surface area contributed by atoms with Gasteiger partial charge in [-0.2, -0.15) is 8.78 Å². The van der Waals surface area contributed by atoms with Gasteiger partial charge in [0.15, 0.2) is 23.0 Å². The van der Waals surface area contributed by atoms with Crippen molar-refractivity contribution in [3.63, 3.8) is 0 Å². The molecule has 0 saturated heterocycles. The summed E-state index contributed by atoms with van der Waals surface area (Å²) in [4.78, 5) is 29.7. The van der Waals surface area contributed by atoms with E-state index in [0.29, 0.717) is 18.6 Å². The quantitative estimate of drug-likeness (QED) is 0.122. The highest BCUT2D eigenvalue weighted by Gasteiger charge is 2.30. The van der Waals surface area contributed by atoms with Gasteiger partial charge in [-0.05, 0) is 49.9 Å². The number of carbonyl (C=O) groups excluding carboxylic acids is 2. The number of nitrogens with zero attached hydrogens (tertiary/aromatic N) is 1. The molecule has 0 spiro atoms. The number of nitrogens with two attached hydrogens (primary N) is 2. The molecular weight excluding hydrogens is 526 g/mol. The average Bonchev–Trinajstić information content (AvgIpc) is 3.61. The Morgan fingerprint density at radius 2 is 1.90 bits per heavy atom. The van der Waals surface area contributed by atoms with Crippen molar-refractivity contribution in [1.29, 1.82) is 0 Å². The van der Waals surface area contributed by atoms with Crippen molar-refractivity contribution in [3.8, 4) is 23.0 Å². The first kappa shape index (κ1) is 27.9. The van der Waals surface area contributed by atoms with Crippen molar-refractivity contribution in [2.45, 2.75) is 38.5 Å². The molecule has 39 heavy (non-hydrogen) atoms. The van der Waals surface area contributed by atoms with Crippen LogP contribution in [-0.4, -0.2) is 30.0 Å². The first-order valence-electron chi connectivity index (χ1n) is 11.8. The largest absolute Gasteiger partial charge is 0.489 e. The van der Waals surface area contributed by atoms with Crippen molar-refractivity contribution in [2.24, 2.45) is 17.5 Å². The van der Waals surface area contributed by atoms with Crippen molar-refractivity contribution in [3.05, 3.63) is 65.1 Å². The van der Waals surface area contributed by atoms with E-state index in [-0.39, 0.29) is 40.0 Å². The molecule has 1 aromatic heterocycles. The predicted octanol–water partition coefficient (Wildman–Crippen LogP) is 3.49. The van der Waals surface area contributed by atoms with Crippen LogP contribution in [-0.2, 0) is 4.79 Å². The van der Waals surface area contributed by atoms with Crippen molar-refractivity contribution in [2.75, 3.05) is 6.61 Å². The van der Waals surface area contributed by atoms with E-state index in [9.17, 15) is 27.2 Å². The lowest BCUT2D eigenvalue weighted by Gasteiger charge is -2.18. The maximum atomic E-state index is 14.4. The normalized spacial score (nSPS) is 14.6. The van der Waals surface area contributed by atoms with Gasteiger partial charge in [0.25, 0.3) is 11.8 Å². The SMILES string of the molecule is C[C@H](N)c1oc(-c2ccc(OC(F)F)c(OCC3CC3)c2)nc1C(=O)N[C@H](C(=O)NN)c1ccc(F)cc1F. The minimum atomic E-state index is -3.08. The summed E-state index contributed by atoms with van der Waals surface area (Å²) >= 11 is 0. The third-order valence-corrected chi connectivity index (χ3v) is 5.81. The van der Waals surface area contributed by atoms with Crippen LogP contribution in [0.4, 0.5) is 17.6 Å². The minimum absolute atomic E-state index is 0.0257. The third kappa shape index (κ3) is 6.64. The molecule has 0 aliphatic heterocycles. The molecule has 0 unspecified atom stereocenters. The lowest BCUT2D eigenvalue weighted by Crippen LogP contribution is -2.43. The highest BCUT2D eigenvalue weighted by atomic mass is 19.3. The standard InChI is InChI=1S/C25H25F4N5O5/c1-11(30)21-20(22(35)32-19(23(36)34-31)15-6-5-14(26)9-16(15)27)33-24(39-21)13-4-7-17(38-25(28)29)18(8-13)37-10-12-2-3-12/h4-9,11-12,19,25H,2-3,10,30-31H2,1H3,(H,32,35)(H,34,36)/t11-,19-/m0/s1. The van der Waals surface area contributed by atoms with Crippen LogP contribution in [0, 0.1) is 17.6 Å². The van der Waals surface area contributed by atoms with E-state index in [1.807, 2.05) is 5.43 Å². The molecule has 2 aromatic carbocycles. The number of aromatic nitrogens is 1. The Bertz CT molecular complexity index is 1360. The Hall–Kier alpha value is -4.17. The van der Waals surface area contributed by atoms with Crippen LogP contribution in [0.2, 0.25) is 0 Å². The number of benzene rings is 2. The van der Waals surface area contributed by atoms with Crippen LogP contribution in [0.5, 0.6) is 11.5 Å². The number of halogens is 4. The number of nitrogens with one attached hydrogen (secondary N) is 2. The number of rotatable bonds is 11. The van der Waals surface area contributed by atoms with Crippen LogP contribution in [0.25, 0.3) is 11.5 Å². The Morgan fingerprint density at radius 1 is 1.15 bits per heavy atom. The summed E-state index contributed by atoms with van der Waals surface area (Å²) in [6.45, 7) is -1.27. The van der Waals surface area contributed by atoms with E-state index >= 15 is 0 Å². The molecule has 208 valence electrons. The second-order valence-electron chi connectivity index (χ2n) is 8.90. The van der Waals surface area contributed by atoms with E-state index in [2.05, 4.69) is 15.0 Å². The summed E-state index contributed by atoms with van der Waals surface area (Å²) < 4.78 is 69.5. The molecule has 1 heterocycles. The summed E-state index contributed by atoms with van der Waals surface area (Å²) in [5.41, 5.74) is 7.35. The van der Waals surface area contributed by atoms with E-state index in [1.54, 1.807) is 0 Å². The second kappa shape index (κ2) is 11.7. The summed E-state index contributed by atoms with van der Waals surface area (Å²) in [6.07, 6.45) is 1.93. The zero-order valence-corrected chi connectivity index (χ0v) is 20.5. The fourth-order valence-corrected chi connectivity index (χ4v) is 3.67. The van der Waals surface area contributed by atoms with Crippen molar-refractivity contribution in [1.82, 2.24) is 15.7 Å². The molecule has 2 atom stereocenters. The maximum absolute atomic E-state index is 14.4. The fraction of sp³-hybridized carbons (Fsp3) is 0.320. The predicted molar refractivity (Wildman–Crippen MR) is 128 cm³/mol. The van der Waals surface area contributed by atoms with Crippen LogP contribution >= 0.6 is 0 Å². The topological polar surface area (TPSA) is 155 Å². The molecule has 10 nitrogen and oxygen atoms in total. The van der Waals surface area contributed by atoms with Gasteiger partial charge in [0.1, 0.15) is 17.7 Å². The fourth-order valence-electron chi connectivity index (χ4n) is 3.67. The van der Waals surface area contributed by atoms with E-state index in [0.717, 1.165) is 25.0 Å². The Labute approximate surface area is 219 Å². The third-order valence-electron chi connectivity index (χ3n) is 5.81. The van der Waals surface area contributed by atoms with Gasteiger partial charge in [-0.1, -0.05) is 6.07 Å². The lowest BCUT2D eigenvalue weighted by molar-refractivity contribution is -0.123. The molecule has 1 saturated carbocycles. The molecule has 0 radical (unpaired) electrons. The molecule has 1 aliphatic carbocycles. The molecule has 2 amide bonds. The molecule has 14 heteroatoms. The summed E-state index contributed by atoms with van der Waals surface area (Å²) in [5, 5.41) is 2.30. The van der Waals surface area contributed by atoms with Crippen LogP contribution < -0.4 is 31.8 Å². The van der Waals surface area contributed by atoms with Crippen LogP contribution in [0.1, 0.15) is 53.7 Å². The molecule has 6 N–H and O–H groups in total. The number of amides is 2. The van der Waals surface area contributed by atoms with E-state index in [4.69, 9.17) is 20.7 Å². The van der Waals surface area contributed by atoms with Gasteiger partial charge < -0.3 is 24.9 Å². The van der Waals surface area contributed by atoms with Crippen molar-refractivity contribution < 1.29 is 41.0 Å². The average molecular weight is 551 g/mol. The molecule has 1 fully saturated rings. The Morgan fingerprint density at radius 3 is 2.51 bits per heavy atom. The molecule has 4 rings (SSSR count). The minimum Gasteiger partial charge on any atom is -0.489 e. The number of hydrogen-bond acceptors (Lipinski definition) is 8. The molecule has 1 aliphatic rings. The van der Waals surface area contributed by atoms with Gasteiger partial charge in [-0.15, -0.1) is 0 Å². The van der Waals surface area contributed by atoms with Gasteiger partial charge in [0, 0.05) is 17.2 Å². The second-order valence-corrected chi connectivity index (χ2v) is 8.90. The van der Waals surface area contributed by atoms with Gasteiger partial charge in [-0.3, -0.25) is 15.0 Å². The highest BCUT2D eigenvalue weighted by Crippen LogP contribution is 2.37. The van der Waals surface area contributed by atoms with Crippen molar-refractivity contribution >= 4 is 11.8 Å². The first-order chi connectivity index (χ1) is 18.6. The maximum Gasteiger partial charge on any atom is 0.387 e. The van der Waals surface area contributed by atoms with E-state index < -0.39 is 42.1 Å². The molecular formula is C25H25F4N5O5. The number of oxazole rings is 1. The van der Waals surface area contributed by atoms with Gasteiger partial charge >= 0.3 is 6.61 Å². The zero-order valence-electron chi connectivity index (χ0n) is 20.5. The lowest BCUT2D eigenvalue weighted by atomic mass is 10.0. The summed E-state index contributed by atoms with van der Waals surface area (Å²) in [7, 11) is 0. The molecule has 0 bridgehead atoms. The smallest absolute Gasteiger partial charge is 0.387 e. The van der Waals surface area contributed by atoms with Crippen LogP contribution in [0.15, 0.2) is 40.8 Å². The van der Waals surface area contributed by atoms with E-state index in [1.165, 1.54) is 25.1 Å². The van der Waals surface area contributed by atoms with Gasteiger partial charge in [-0.25, -0.2) is 19.6 Å². The number of hydrazine groups is 1. The van der Waals surface area contributed by atoms with Gasteiger partial charge in [0.2, 0.25) is 5.89 Å².